The molecule has 0 atom stereocenters. The molecule has 5 heteroatoms. The molecule has 0 aliphatic rings. The van der Waals surface area contributed by atoms with Crippen LogP contribution in [-0.2, 0) is 11.3 Å². The maximum absolute atomic E-state index is 12.2. The van der Waals surface area contributed by atoms with Gasteiger partial charge in [-0.1, -0.05) is 24.3 Å². The molecule has 0 spiro atoms. The second-order valence-corrected chi connectivity index (χ2v) is 5.21. The summed E-state index contributed by atoms with van der Waals surface area (Å²) in [6.45, 7) is 1.94. The third-order valence-electron chi connectivity index (χ3n) is 3.20. The second kappa shape index (κ2) is 6.85. The summed E-state index contributed by atoms with van der Waals surface area (Å²) in [5.74, 6) is -0.210. The van der Waals surface area contributed by atoms with Gasteiger partial charge in [-0.2, -0.15) is 0 Å². The summed E-state index contributed by atoms with van der Waals surface area (Å²) in [6, 6.07) is 11.4. The largest absolute Gasteiger partial charge is 0.352 e. The molecule has 0 radical (unpaired) electrons. The zero-order chi connectivity index (χ0) is 16.1. The number of hydrogen-bond acceptors (Lipinski definition) is 3. The fraction of sp³-hybridized carbons (Fsp3) is 0.235. The summed E-state index contributed by atoms with van der Waals surface area (Å²) in [6.07, 6.45) is 1.61. The number of pyridine rings is 1. The molecular weight excluding hydrogens is 278 g/mol. The van der Waals surface area contributed by atoms with Crippen molar-refractivity contribution in [3.8, 4) is 11.1 Å². The first kappa shape index (κ1) is 15.7. The van der Waals surface area contributed by atoms with Crippen molar-refractivity contribution in [2.24, 2.45) is 0 Å². The Morgan fingerprint density at radius 3 is 2.64 bits per heavy atom. The molecular formula is C17H19N3O2. The number of benzene rings is 1. The quantitative estimate of drug-likeness (QED) is 0.940. The molecule has 0 fully saturated rings. The molecule has 0 aliphatic heterocycles. The monoisotopic (exact) mass is 297 g/mol. The van der Waals surface area contributed by atoms with Crippen molar-refractivity contribution in [3.63, 3.8) is 0 Å². The lowest BCUT2D eigenvalue weighted by molar-refractivity contribution is -0.119. The molecule has 22 heavy (non-hydrogen) atoms. The molecule has 0 saturated heterocycles. The minimum Gasteiger partial charge on any atom is -0.352 e. The van der Waals surface area contributed by atoms with Crippen molar-refractivity contribution < 1.29 is 9.59 Å². The molecule has 2 aromatic rings. The Labute approximate surface area is 130 Å². The number of nitrogens with one attached hydrogen (secondary N) is 1. The van der Waals surface area contributed by atoms with Gasteiger partial charge in [-0.3, -0.25) is 14.6 Å². The van der Waals surface area contributed by atoms with E-state index in [2.05, 4.69) is 10.3 Å². The number of hydrogen-bond donors (Lipinski definition) is 1. The molecule has 1 aromatic heterocycles. The van der Waals surface area contributed by atoms with Gasteiger partial charge in [0.25, 0.3) is 5.91 Å². The first-order chi connectivity index (χ1) is 10.5. The van der Waals surface area contributed by atoms with Gasteiger partial charge < -0.3 is 10.2 Å². The van der Waals surface area contributed by atoms with Gasteiger partial charge in [0, 0.05) is 39.3 Å². The van der Waals surface area contributed by atoms with Crippen molar-refractivity contribution in [3.05, 3.63) is 53.9 Å². The highest BCUT2D eigenvalue weighted by Crippen LogP contribution is 2.24. The van der Waals surface area contributed by atoms with Crippen LogP contribution in [0.3, 0.4) is 0 Å². The van der Waals surface area contributed by atoms with Gasteiger partial charge in [0.2, 0.25) is 5.91 Å². The highest BCUT2D eigenvalue weighted by molar-refractivity contribution is 5.98. The van der Waals surface area contributed by atoms with E-state index < -0.39 is 0 Å². The highest BCUT2D eigenvalue weighted by Gasteiger charge is 2.15. The highest BCUT2D eigenvalue weighted by atomic mass is 16.2. The Morgan fingerprint density at radius 1 is 1.18 bits per heavy atom. The van der Waals surface area contributed by atoms with Gasteiger partial charge in [0.05, 0.1) is 0 Å². The van der Waals surface area contributed by atoms with Gasteiger partial charge in [0.15, 0.2) is 0 Å². The van der Waals surface area contributed by atoms with Crippen LogP contribution in [0.5, 0.6) is 0 Å². The molecule has 0 aliphatic carbocycles. The van der Waals surface area contributed by atoms with E-state index in [0.717, 1.165) is 16.7 Å². The summed E-state index contributed by atoms with van der Waals surface area (Å²) >= 11 is 0. The van der Waals surface area contributed by atoms with E-state index in [1.807, 2.05) is 36.4 Å². The molecule has 114 valence electrons. The average Bonchev–Trinajstić information content (AvgIpc) is 2.52. The van der Waals surface area contributed by atoms with E-state index >= 15 is 0 Å². The van der Waals surface area contributed by atoms with Crippen LogP contribution in [0.2, 0.25) is 0 Å². The lowest BCUT2D eigenvalue weighted by atomic mass is 10.0. The van der Waals surface area contributed by atoms with E-state index in [4.69, 9.17) is 0 Å². The molecule has 1 heterocycles. The average molecular weight is 297 g/mol. The standard InChI is InChI=1S/C17H19N3O2/c1-12(21)19-11-13-6-4-7-14(10-13)15-8-5-9-18-16(15)17(22)20(2)3/h4-10H,11H2,1-3H3,(H,19,21). The van der Waals surface area contributed by atoms with Crippen LogP contribution in [0.15, 0.2) is 42.6 Å². The summed E-state index contributed by atoms with van der Waals surface area (Å²) in [5.41, 5.74) is 3.08. The Balaban J connectivity index is 2.38. The molecule has 2 amide bonds. The van der Waals surface area contributed by atoms with E-state index in [9.17, 15) is 9.59 Å². The van der Waals surface area contributed by atoms with Crippen LogP contribution in [0.1, 0.15) is 23.0 Å². The first-order valence-electron chi connectivity index (χ1n) is 6.99. The van der Waals surface area contributed by atoms with E-state index in [1.54, 1.807) is 20.3 Å². The molecule has 0 saturated carbocycles. The molecule has 1 N–H and O–H groups in total. The Hall–Kier alpha value is -2.69. The number of nitrogens with zero attached hydrogens (tertiary/aromatic N) is 2. The van der Waals surface area contributed by atoms with Crippen LogP contribution in [-0.4, -0.2) is 35.8 Å². The molecule has 0 bridgehead atoms. The van der Waals surface area contributed by atoms with Gasteiger partial charge in [-0.05, 0) is 23.3 Å². The third kappa shape index (κ3) is 3.69. The summed E-state index contributed by atoms with van der Waals surface area (Å²) < 4.78 is 0. The van der Waals surface area contributed by atoms with Gasteiger partial charge in [-0.25, -0.2) is 0 Å². The predicted molar refractivity (Wildman–Crippen MR) is 85.2 cm³/mol. The Morgan fingerprint density at radius 2 is 1.95 bits per heavy atom. The zero-order valence-corrected chi connectivity index (χ0v) is 13.0. The van der Waals surface area contributed by atoms with Crippen molar-refractivity contribution >= 4 is 11.8 Å². The van der Waals surface area contributed by atoms with E-state index in [-0.39, 0.29) is 11.8 Å². The zero-order valence-electron chi connectivity index (χ0n) is 13.0. The fourth-order valence-corrected chi connectivity index (χ4v) is 2.10. The maximum Gasteiger partial charge on any atom is 0.272 e. The molecule has 5 nitrogen and oxygen atoms in total. The SMILES string of the molecule is CC(=O)NCc1cccc(-c2cccnc2C(=O)N(C)C)c1. The van der Waals surface area contributed by atoms with E-state index in [0.29, 0.717) is 12.2 Å². The smallest absolute Gasteiger partial charge is 0.272 e. The number of rotatable bonds is 4. The number of amides is 2. The van der Waals surface area contributed by atoms with Crippen molar-refractivity contribution in [1.82, 2.24) is 15.2 Å². The van der Waals surface area contributed by atoms with E-state index in [1.165, 1.54) is 11.8 Å². The topological polar surface area (TPSA) is 62.3 Å². The van der Waals surface area contributed by atoms with Crippen LogP contribution in [0.4, 0.5) is 0 Å². The maximum atomic E-state index is 12.2. The second-order valence-electron chi connectivity index (χ2n) is 5.21. The number of aromatic nitrogens is 1. The molecule has 2 rings (SSSR count). The minimum atomic E-state index is -0.136. The summed E-state index contributed by atoms with van der Waals surface area (Å²) in [4.78, 5) is 29.0. The lowest BCUT2D eigenvalue weighted by Gasteiger charge is -2.13. The predicted octanol–water partition coefficient (Wildman–Crippen LogP) is 2.09. The summed E-state index contributed by atoms with van der Waals surface area (Å²) in [7, 11) is 3.40. The van der Waals surface area contributed by atoms with Gasteiger partial charge >= 0.3 is 0 Å². The Kier molecular flexibility index (Phi) is 4.88. The van der Waals surface area contributed by atoms with Crippen LogP contribution < -0.4 is 5.32 Å². The normalized spacial score (nSPS) is 10.1. The van der Waals surface area contributed by atoms with Gasteiger partial charge in [0.1, 0.15) is 5.69 Å². The molecule has 0 unspecified atom stereocenters. The fourth-order valence-electron chi connectivity index (χ4n) is 2.10. The summed E-state index contributed by atoms with van der Waals surface area (Å²) in [5, 5.41) is 2.77. The van der Waals surface area contributed by atoms with Crippen molar-refractivity contribution in [1.29, 1.82) is 0 Å². The number of carbonyl (C=O) groups is 2. The van der Waals surface area contributed by atoms with Gasteiger partial charge in [-0.15, -0.1) is 0 Å². The molecule has 1 aromatic carbocycles. The van der Waals surface area contributed by atoms with Crippen molar-refractivity contribution in [2.75, 3.05) is 14.1 Å². The minimum absolute atomic E-state index is 0.0738. The van der Waals surface area contributed by atoms with Crippen LogP contribution in [0, 0.1) is 0 Å². The van der Waals surface area contributed by atoms with Crippen molar-refractivity contribution in [2.45, 2.75) is 13.5 Å². The van der Waals surface area contributed by atoms with Crippen LogP contribution in [0.25, 0.3) is 11.1 Å². The lowest BCUT2D eigenvalue weighted by Crippen LogP contribution is -2.23. The first-order valence-corrected chi connectivity index (χ1v) is 6.99. The third-order valence-corrected chi connectivity index (χ3v) is 3.20. The Bertz CT molecular complexity index is 696. The number of carbonyl (C=O) groups excluding carboxylic acids is 2. The van der Waals surface area contributed by atoms with Crippen LogP contribution >= 0.6 is 0 Å².